The molecule has 3 nitrogen and oxygen atoms in total. The summed E-state index contributed by atoms with van der Waals surface area (Å²) < 4.78 is 2.53. The third-order valence-corrected chi connectivity index (χ3v) is 17.2. The van der Waals surface area contributed by atoms with Crippen molar-refractivity contribution in [1.29, 1.82) is 0 Å². The predicted octanol–water partition coefficient (Wildman–Crippen LogP) is 20.0. The van der Waals surface area contributed by atoms with E-state index in [0.717, 1.165) is 41.3 Å². The first-order valence-corrected chi connectivity index (χ1v) is 28.8. The Balaban J connectivity index is 1.08. The van der Waals surface area contributed by atoms with E-state index >= 15 is 0 Å². The average molecular weight is 1050 g/mol. The van der Waals surface area contributed by atoms with Crippen molar-refractivity contribution in [3.63, 3.8) is 0 Å². The molecule has 0 bridgehead atoms. The Hall–Kier alpha value is -8.90. The van der Waals surface area contributed by atoms with Crippen molar-refractivity contribution in [1.82, 2.24) is 0 Å². The van der Waals surface area contributed by atoms with Crippen molar-refractivity contribution in [3.8, 4) is 44.5 Å². The van der Waals surface area contributed by atoms with Gasteiger partial charge in [0.1, 0.15) is 0 Å². The molecule has 1 aliphatic heterocycles. The molecule has 0 fully saturated rings. The number of rotatable bonds is 10. The van der Waals surface area contributed by atoms with E-state index in [9.17, 15) is 0 Å². The molecule has 1 aliphatic rings. The van der Waals surface area contributed by atoms with E-state index in [-0.39, 0.29) is 10.8 Å². The molecule has 1 aromatic heterocycles. The number of fused-ring (bicyclic) bond motifs is 5. The lowest BCUT2D eigenvalue weighted by atomic mass is 9.57. The average Bonchev–Trinajstić information content (AvgIpc) is 3.86. The molecule has 0 unspecified atom stereocenters. The van der Waals surface area contributed by atoms with E-state index in [1.54, 1.807) is 0 Å². The van der Waals surface area contributed by atoms with Crippen LogP contribution in [0.15, 0.2) is 249 Å². The summed E-state index contributed by atoms with van der Waals surface area (Å²) in [5.41, 5.74) is 24.9. The van der Waals surface area contributed by atoms with Crippen LogP contribution >= 0.6 is 11.3 Å². The number of benzene rings is 11. The maximum Gasteiger partial charge on any atom is 0.198 e. The Morgan fingerprint density at radius 1 is 0.425 bits per heavy atom. The number of anilines is 8. The topological polar surface area (TPSA) is 18.5 Å². The van der Waals surface area contributed by atoms with Crippen LogP contribution in [0.25, 0.3) is 64.7 Å². The zero-order valence-electron chi connectivity index (χ0n) is 46.7. The van der Waals surface area contributed by atoms with Crippen LogP contribution in [0, 0.1) is 6.92 Å². The highest BCUT2D eigenvalue weighted by molar-refractivity contribution is 7.26. The second-order valence-corrected chi connectivity index (χ2v) is 24.6. The molecule has 0 amide bonds. The summed E-state index contributed by atoms with van der Waals surface area (Å²) >= 11 is 1.89. The van der Waals surface area contributed by atoms with Gasteiger partial charge >= 0.3 is 0 Å². The fourth-order valence-electron chi connectivity index (χ4n) is 11.8. The maximum atomic E-state index is 4.11. The lowest BCUT2D eigenvalue weighted by molar-refractivity contribution is 0.590. The summed E-state index contributed by atoms with van der Waals surface area (Å²) in [4.78, 5) is 5.00. The van der Waals surface area contributed by atoms with Crippen LogP contribution in [-0.2, 0) is 10.8 Å². The Kier molecular flexibility index (Phi) is 12.9. The highest BCUT2D eigenvalue weighted by atomic mass is 32.1. The van der Waals surface area contributed by atoms with Gasteiger partial charge in [-0.25, -0.2) is 0 Å². The van der Waals surface area contributed by atoms with Crippen molar-refractivity contribution < 1.29 is 0 Å². The molecule has 80 heavy (non-hydrogen) atoms. The van der Waals surface area contributed by atoms with Gasteiger partial charge in [-0.3, -0.25) is 0 Å². The highest BCUT2D eigenvalue weighted by Gasteiger charge is 2.32. The normalized spacial score (nSPS) is 12.3. The van der Waals surface area contributed by atoms with Gasteiger partial charge in [-0.2, -0.15) is 0 Å². The van der Waals surface area contributed by atoms with Crippen molar-refractivity contribution >= 4 is 95.2 Å². The molecule has 0 spiro atoms. The lowest BCUT2D eigenvalue weighted by Crippen LogP contribution is -2.41. The molecule has 388 valence electrons. The zero-order valence-corrected chi connectivity index (χ0v) is 47.5. The first-order chi connectivity index (χ1) is 38.8. The predicted molar refractivity (Wildman–Crippen MR) is 349 cm³/mol. The minimum Gasteiger partial charge on any atom is -0.355 e. The first-order valence-electron chi connectivity index (χ1n) is 28.0. The maximum absolute atomic E-state index is 4.11. The van der Waals surface area contributed by atoms with E-state index < -0.39 is 0 Å². The Morgan fingerprint density at radius 3 is 1.54 bits per heavy atom. The third kappa shape index (κ3) is 9.56. The molecule has 0 aliphatic carbocycles. The summed E-state index contributed by atoms with van der Waals surface area (Å²) in [6.07, 6.45) is 0. The van der Waals surface area contributed by atoms with Crippen LogP contribution in [0.3, 0.4) is 0 Å². The van der Waals surface area contributed by atoms with E-state index in [1.165, 1.54) is 104 Å². The summed E-state index contributed by atoms with van der Waals surface area (Å²) in [6, 6.07) is 92.3. The molecule has 13 rings (SSSR count). The number of thiophene rings is 1. The van der Waals surface area contributed by atoms with Gasteiger partial charge in [-0.15, -0.1) is 11.3 Å². The molecule has 2 heterocycles. The second kappa shape index (κ2) is 20.4. The standard InChI is InChI=1S/C75H64BN3S/c1-49-27-28-55(52-23-15-10-16-24-52)46-67(49)79-66-44-31-54(51-21-13-9-14-22-51)45-64(66)76-73-68(79)48-70-71(63-25-17-18-26-69(63)80-70)72(73)62-43-42-61(47-65(62)77-58-36-29-53(30-37-58)50-19-11-8-12-20-50)78(59-38-32-56(33-39-59)74(2,3)4)60-40-34-57(35-41-60)75(5,6)7/h8-48,76-77H,1-7H3. The molecular weight excluding hydrogens is 986 g/mol. The fraction of sp³-hybridized carbons (Fsp3) is 0.120. The van der Waals surface area contributed by atoms with Gasteiger partial charge in [0, 0.05) is 71.2 Å². The molecule has 5 heteroatoms. The monoisotopic (exact) mass is 1050 g/mol. The van der Waals surface area contributed by atoms with Crippen LogP contribution in [0.1, 0.15) is 58.2 Å². The SMILES string of the molecule is Cc1ccc(-c2ccccc2)cc1N1c2ccc(-c3ccccc3)cc2Bc2c1cc1sc3ccccc3c1c2-c1ccc(N(c2ccc(C(C)(C)C)cc2)c2ccc(C(C)(C)C)cc2)cc1Nc1ccc(-c2ccccc2)cc1. The van der Waals surface area contributed by atoms with Crippen LogP contribution in [0.4, 0.5) is 45.5 Å². The van der Waals surface area contributed by atoms with Crippen molar-refractivity contribution in [3.05, 3.63) is 265 Å². The van der Waals surface area contributed by atoms with Crippen molar-refractivity contribution in [2.45, 2.75) is 59.3 Å². The second-order valence-electron chi connectivity index (χ2n) is 23.5. The van der Waals surface area contributed by atoms with Gasteiger partial charge in [-0.1, -0.05) is 223 Å². The van der Waals surface area contributed by atoms with Crippen LogP contribution in [-0.4, -0.2) is 7.28 Å². The van der Waals surface area contributed by atoms with Gasteiger partial charge in [0.05, 0.1) is 0 Å². The molecule has 11 aromatic carbocycles. The van der Waals surface area contributed by atoms with E-state index in [1.807, 2.05) is 11.3 Å². The molecule has 0 radical (unpaired) electrons. The molecule has 0 saturated carbocycles. The van der Waals surface area contributed by atoms with E-state index in [0.29, 0.717) is 0 Å². The minimum absolute atomic E-state index is 0.0150. The van der Waals surface area contributed by atoms with Gasteiger partial charge in [-0.05, 0) is 152 Å². The van der Waals surface area contributed by atoms with Crippen LogP contribution in [0.5, 0.6) is 0 Å². The molecule has 1 N–H and O–H groups in total. The Bertz CT molecular complexity index is 4170. The Labute approximate surface area is 476 Å². The summed E-state index contributed by atoms with van der Waals surface area (Å²) in [7, 11) is 0.744. The number of hydrogen-bond donors (Lipinski definition) is 1. The number of nitrogens with zero attached hydrogens (tertiary/aromatic N) is 2. The van der Waals surface area contributed by atoms with Crippen LogP contribution < -0.4 is 26.0 Å². The zero-order chi connectivity index (χ0) is 54.7. The van der Waals surface area contributed by atoms with Gasteiger partial charge in [0.25, 0.3) is 0 Å². The van der Waals surface area contributed by atoms with Crippen molar-refractivity contribution in [2.24, 2.45) is 0 Å². The quantitative estimate of drug-likeness (QED) is 0.138. The number of nitrogens with one attached hydrogen (secondary N) is 1. The van der Waals surface area contributed by atoms with Gasteiger partial charge in [0.2, 0.25) is 0 Å². The molecule has 0 atom stereocenters. The largest absolute Gasteiger partial charge is 0.355 e. The molecule has 12 aromatic rings. The summed E-state index contributed by atoms with van der Waals surface area (Å²) in [5, 5.41) is 6.66. The Morgan fingerprint density at radius 2 is 0.938 bits per heavy atom. The summed E-state index contributed by atoms with van der Waals surface area (Å²) in [6.45, 7) is 16.0. The van der Waals surface area contributed by atoms with E-state index in [2.05, 4.69) is 312 Å². The highest BCUT2D eigenvalue weighted by Crippen LogP contribution is 2.50. The number of hydrogen-bond acceptors (Lipinski definition) is 4. The number of aryl methyl sites for hydroxylation is 1. The summed E-state index contributed by atoms with van der Waals surface area (Å²) in [5.74, 6) is 0. The van der Waals surface area contributed by atoms with E-state index in [4.69, 9.17) is 0 Å². The smallest absolute Gasteiger partial charge is 0.198 e. The third-order valence-electron chi connectivity index (χ3n) is 16.1. The van der Waals surface area contributed by atoms with Gasteiger partial charge < -0.3 is 15.1 Å². The fourth-order valence-corrected chi connectivity index (χ4v) is 12.9. The van der Waals surface area contributed by atoms with Gasteiger partial charge in [0.15, 0.2) is 7.28 Å². The molecule has 0 saturated heterocycles. The van der Waals surface area contributed by atoms with Crippen molar-refractivity contribution in [2.75, 3.05) is 15.1 Å². The minimum atomic E-state index is 0.0150. The molecular formula is C75H64BN3S. The van der Waals surface area contributed by atoms with Crippen LogP contribution in [0.2, 0.25) is 0 Å². The first kappa shape index (κ1) is 50.6. The lowest BCUT2D eigenvalue weighted by Gasteiger charge is -2.36.